The zero-order valence-corrected chi connectivity index (χ0v) is 26.7. The van der Waals surface area contributed by atoms with Crippen LogP contribution in [0.2, 0.25) is 0 Å². The van der Waals surface area contributed by atoms with E-state index in [9.17, 15) is 10.5 Å². The second-order valence-corrected chi connectivity index (χ2v) is 12.3. The fourth-order valence-corrected chi connectivity index (χ4v) is 7.51. The molecule has 0 fully saturated rings. The van der Waals surface area contributed by atoms with E-state index in [-0.39, 0.29) is 0 Å². The summed E-state index contributed by atoms with van der Waals surface area (Å²) < 4.78 is 4.45. The zero-order valence-electron chi connectivity index (χ0n) is 26.7. The molecule has 0 unspecified atom stereocenters. The first-order chi connectivity index (χ1) is 24.7. The highest BCUT2D eigenvalue weighted by molar-refractivity contribution is 6.11. The minimum Gasteiger partial charge on any atom is -0.310 e. The van der Waals surface area contributed by atoms with Crippen LogP contribution < -0.4 is 0 Å². The number of para-hydroxylation sites is 4. The molecule has 0 aliphatic rings. The molecule has 7 aromatic carbocycles. The SMILES string of the molecule is [C-]#[N+]c1cc(-c2c(C#N)cccc2-c2ccccc2-n2c3ccccc3c3cc(C#N)ccc32)cc(-n2c3ccccc3c3ccccc32)c1. The maximum absolute atomic E-state index is 10.6. The molecule has 5 heteroatoms. The second kappa shape index (κ2) is 11.4. The smallest absolute Gasteiger partial charge is 0.189 e. The van der Waals surface area contributed by atoms with Crippen molar-refractivity contribution in [3.63, 3.8) is 0 Å². The lowest BCUT2D eigenvalue weighted by atomic mass is 9.89. The maximum Gasteiger partial charge on any atom is 0.189 e. The standard InChI is InChI=1S/C45H25N5/c1-48-32-24-31(25-33(26-32)49-40-17-6-2-12-34(40)35-13-3-7-18-41(35)49)45-30(28-47)11-10-16-38(45)36-14-4-8-19-42(36)50-43-20-9-5-15-37(43)39-23-29(27-46)21-22-44(39)50/h2-26H. The van der Waals surface area contributed by atoms with Crippen molar-refractivity contribution in [2.75, 3.05) is 0 Å². The van der Waals surface area contributed by atoms with Gasteiger partial charge in [0.05, 0.1) is 57.6 Å². The van der Waals surface area contributed by atoms with Gasteiger partial charge in [-0.3, -0.25) is 0 Å². The molecule has 0 aliphatic carbocycles. The molecule has 5 nitrogen and oxygen atoms in total. The van der Waals surface area contributed by atoms with Gasteiger partial charge in [0.15, 0.2) is 5.69 Å². The molecular formula is C45H25N5. The van der Waals surface area contributed by atoms with E-state index in [0.717, 1.165) is 77.2 Å². The van der Waals surface area contributed by atoms with Crippen LogP contribution in [0.5, 0.6) is 0 Å². The van der Waals surface area contributed by atoms with Crippen molar-refractivity contribution < 1.29 is 0 Å². The molecule has 2 heterocycles. The number of nitriles is 2. The summed E-state index contributed by atoms with van der Waals surface area (Å²) in [5, 5.41) is 24.6. The molecule has 0 saturated heterocycles. The van der Waals surface area contributed by atoms with Gasteiger partial charge in [-0.15, -0.1) is 0 Å². The highest BCUT2D eigenvalue weighted by atomic mass is 15.0. The van der Waals surface area contributed by atoms with E-state index in [0.29, 0.717) is 16.8 Å². The number of fused-ring (bicyclic) bond motifs is 6. The zero-order chi connectivity index (χ0) is 33.8. The summed E-state index contributed by atoms with van der Waals surface area (Å²) in [5.74, 6) is 0. The third kappa shape index (κ3) is 4.31. The van der Waals surface area contributed by atoms with E-state index < -0.39 is 0 Å². The quantitative estimate of drug-likeness (QED) is 0.181. The number of hydrogen-bond donors (Lipinski definition) is 0. The predicted molar refractivity (Wildman–Crippen MR) is 202 cm³/mol. The largest absolute Gasteiger partial charge is 0.310 e. The Kier molecular flexibility index (Phi) is 6.56. The van der Waals surface area contributed by atoms with Crippen molar-refractivity contribution in [2.24, 2.45) is 0 Å². The summed E-state index contributed by atoms with van der Waals surface area (Å²) in [4.78, 5) is 3.91. The van der Waals surface area contributed by atoms with Gasteiger partial charge >= 0.3 is 0 Å². The van der Waals surface area contributed by atoms with Crippen LogP contribution in [0.4, 0.5) is 5.69 Å². The maximum atomic E-state index is 10.6. The highest BCUT2D eigenvalue weighted by Crippen LogP contribution is 2.43. The van der Waals surface area contributed by atoms with Gasteiger partial charge in [0.25, 0.3) is 0 Å². The molecule has 0 bridgehead atoms. The number of nitrogens with zero attached hydrogens (tertiary/aromatic N) is 5. The monoisotopic (exact) mass is 635 g/mol. The van der Waals surface area contributed by atoms with Gasteiger partial charge in [-0.25, -0.2) is 4.85 Å². The van der Waals surface area contributed by atoms with E-state index in [4.69, 9.17) is 6.57 Å². The van der Waals surface area contributed by atoms with Crippen LogP contribution >= 0.6 is 0 Å². The summed E-state index contributed by atoms with van der Waals surface area (Å²) in [6.07, 6.45) is 0. The van der Waals surface area contributed by atoms with Gasteiger partial charge in [-0.2, -0.15) is 10.5 Å². The van der Waals surface area contributed by atoms with Crippen molar-refractivity contribution in [3.8, 4) is 45.8 Å². The Morgan fingerprint density at radius 1 is 0.500 bits per heavy atom. The van der Waals surface area contributed by atoms with E-state index in [2.05, 4.69) is 86.8 Å². The molecule has 0 atom stereocenters. The van der Waals surface area contributed by atoms with Crippen molar-refractivity contribution in [2.45, 2.75) is 0 Å². The van der Waals surface area contributed by atoms with Crippen molar-refractivity contribution in [3.05, 3.63) is 174 Å². The normalized spacial score (nSPS) is 11.1. The Balaban J connectivity index is 1.33. The molecule has 0 aliphatic heterocycles. The molecule has 0 amide bonds. The number of rotatable bonds is 4. The van der Waals surface area contributed by atoms with Gasteiger partial charge in [0.2, 0.25) is 0 Å². The topological polar surface area (TPSA) is 61.8 Å². The summed E-state index contributed by atoms with van der Waals surface area (Å²) in [7, 11) is 0. The molecule has 230 valence electrons. The molecule has 9 rings (SSSR count). The van der Waals surface area contributed by atoms with Crippen LogP contribution in [0.25, 0.3) is 82.1 Å². The van der Waals surface area contributed by atoms with Gasteiger partial charge in [-0.05, 0) is 77.9 Å². The third-order valence-electron chi connectivity index (χ3n) is 9.58. The lowest BCUT2D eigenvalue weighted by Gasteiger charge is -2.19. The Morgan fingerprint density at radius 3 is 1.78 bits per heavy atom. The van der Waals surface area contributed by atoms with Crippen LogP contribution in [0.1, 0.15) is 11.1 Å². The van der Waals surface area contributed by atoms with Crippen LogP contribution in [0.3, 0.4) is 0 Å². The molecule has 0 radical (unpaired) electrons. The number of aromatic nitrogens is 2. The van der Waals surface area contributed by atoms with E-state index in [1.54, 1.807) is 0 Å². The van der Waals surface area contributed by atoms with Crippen molar-refractivity contribution in [1.82, 2.24) is 9.13 Å². The van der Waals surface area contributed by atoms with E-state index in [1.165, 1.54) is 0 Å². The minimum absolute atomic E-state index is 0.488. The molecule has 50 heavy (non-hydrogen) atoms. The van der Waals surface area contributed by atoms with Crippen molar-refractivity contribution >= 4 is 49.3 Å². The van der Waals surface area contributed by atoms with Gasteiger partial charge < -0.3 is 9.13 Å². The van der Waals surface area contributed by atoms with E-state index in [1.807, 2.05) is 91.0 Å². The second-order valence-electron chi connectivity index (χ2n) is 12.3. The fourth-order valence-electron chi connectivity index (χ4n) is 7.51. The average molecular weight is 636 g/mol. The van der Waals surface area contributed by atoms with Crippen LogP contribution in [0.15, 0.2) is 152 Å². The lowest BCUT2D eigenvalue weighted by molar-refractivity contribution is 1.18. The van der Waals surface area contributed by atoms with Crippen LogP contribution in [0, 0.1) is 29.2 Å². The Hall–Kier alpha value is -7.39. The highest BCUT2D eigenvalue weighted by Gasteiger charge is 2.21. The molecule has 2 aromatic heterocycles. The number of hydrogen-bond acceptors (Lipinski definition) is 2. The molecule has 0 saturated carbocycles. The van der Waals surface area contributed by atoms with E-state index >= 15 is 0 Å². The average Bonchev–Trinajstić information content (AvgIpc) is 3.70. The third-order valence-corrected chi connectivity index (χ3v) is 9.58. The van der Waals surface area contributed by atoms with Crippen LogP contribution in [-0.2, 0) is 0 Å². The fraction of sp³-hybridized carbons (Fsp3) is 0. The molecule has 0 spiro atoms. The molecule has 9 aromatic rings. The lowest BCUT2D eigenvalue weighted by Crippen LogP contribution is -1.99. The first-order valence-corrected chi connectivity index (χ1v) is 16.3. The Morgan fingerprint density at radius 2 is 1.10 bits per heavy atom. The Labute approximate surface area is 288 Å². The summed E-state index contributed by atoms with van der Waals surface area (Å²) >= 11 is 0. The Bertz CT molecular complexity index is 2920. The van der Waals surface area contributed by atoms with Gasteiger partial charge in [0, 0.05) is 38.4 Å². The van der Waals surface area contributed by atoms with Gasteiger partial charge in [0.1, 0.15) is 0 Å². The molecular weight excluding hydrogens is 611 g/mol. The molecule has 0 N–H and O–H groups in total. The minimum atomic E-state index is 0.488. The summed E-state index contributed by atoms with van der Waals surface area (Å²) in [6.45, 7) is 8.11. The first kappa shape index (κ1) is 28.8. The summed E-state index contributed by atoms with van der Waals surface area (Å²) in [6, 6.07) is 55.4. The van der Waals surface area contributed by atoms with Crippen molar-refractivity contribution in [1.29, 1.82) is 10.5 Å². The van der Waals surface area contributed by atoms with Gasteiger partial charge in [-0.1, -0.05) is 84.9 Å². The van der Waals surface area contributed by atoms with Crippen LogP contribution in [-0.4, -0.2) is 9.13 Å². The first-order valence-electron chi connectivity index (χ1n) is 16.3. The summed E-state index contributed by atoms with van der Waals surface area (Å²) in [5.41, 5.74) is 10.9. The number of benzene rings is 7. The predicted octanol–water partition coefficient (Wildman–Crippen LogP) is 11.5.